The minimum absolute atomic E-state index is 0.0935. The minimum atomic E-state index is -0.366. The third-order valence-electron chi connectivity index (χ3n) is 7.77. The van der Waals surface area contributed by atoms with Crippen molar-refractivity contribution in [2.45, 2.75) is 44.5 Å². The van der Waals surface area contributed by atoms with Gasteiger partial charge in [-0.3, -0.25) is 9.69 Å². The van der Waals surface area contributed by atoms with Crippen LogP contribution < -0.4 is 14.2 Å². The average Bonchev–Trinajstić information content (AvgIpc) is 3.01. The first-order valence-electron chi connectivity index (χ1n) is 13.8. The summed E-state index contributed by atoms with van der Waals surface area (Å²) in [7, 11) is 1.46. The normalized spacial score (nSPS) is 18.9. The first kappa shape index (κ1) is 26.0. The molecule has 6 nitrogen and oxygen atoms in total. The molecular weight excluding hydrogens is 502 g/mol. The molecule has 0 aromatic heterocycles. The molecule has 204 valence electrons. The fourth-order valence-corrected chi connectivity index (χ4v) is 5.73. The van der Waals surface area contributed by atoms with Crippen molar-refractivity contribution in [3.63, 3.8) is 0 Å². The van der Waals surface area contributed by atoms with Crippen molar-refractivity contribution in [2.75, 3.05) is 13.7 Å². The molecule has 0 saturated heterocycles. The summed E-state index contributed by atoms with van der Waals surface area (Å²) < 4.78 is 23.8. The molecule has 0 aliphatic carbocycles. The lowest BCUT2D eigenvalue weighted by Crippen LogP contribution is -2.47. The maximum absolute atomic E-state index is 12.9. The van der Waals surface area contributed by atoms with Crippen LogP contribution in [-0.2, 0) is 22.5 Å². The zero-order chi connectivity index (χ0) is 27.5. The number of para-hydroxylation sites is 1. The zero-order valence-corrected chi connectivity index (χ0v) is 22.8. The van der Waals surface area contributed by atoms with Gasteiger partial charge < -0.3 is 18.9 Å². The van der Waals surface area contributed by atoms with Crippen molar-refractivity contribution in [2.24, 2.45) is 0 Å². The van der Waals surface area contributed by atoms with Crippen LogP contribution in [-0.4, -0.2) is 30.6 Å². The molecule has 3 atom stereocenters. The Morgan fingerprint density at radius 1 is 0.900 bits per heavy atom. The van der Waals surface area contributed by atoms with Gasteiger partial charge in [-0.05, 0) is 71.5 Å². The van der Waals surface area contributed by atoms with Crippen LogP contribution in [0.4, 0.5) is 0 Å². The van der Waals surface area contributed by atoms with E-state index in [0.29, 0.717) is 25.3 Å². The number of methoxy groups -OCH3 is 1. The van der Waals surface area contributed by atoms with E-state index in [9.17, 15) is 4.79 Å². The summed E-state index contributed by atoms with van der Waals surface area (Å²) in [5.41, 5.74) is 4.45. The molecule has 4 aromatic rings. The average molecular weight is 536 g/mol. The van der Waals surface area contributed by atoms with Crippen LogP contribution in [0.5, 0.6) is 23.0 Å². The molecule has 40 heavy (non-hydrogen) atoms. The van der Waals surface area contributed by atoms with Gasteiger partial charge in [0.05, 0.1) is 7.11 Å². The highest BCUT2D eigenvalue weighted by molar-refractivity contribution is 5.77. The van der Waals surface area contributed by atoms with Crippen LogP contribution in [0.25, 0.3) is 0 Å². The quantitative estimate of drug-likeness (QED) is 0.237. The summed E-state index contributed by atoms with van der Waals surface area (Å²) >= 11 is 0. The number of benzene rings is 4. The number of carbonyl (C=O) groups is 1. The summed E-state index contributed by atoms with van der Waals surface area (Å²) in [6.07, 6.45) is 1.21. The molecule has 3 unspecified atom stereocenters. The predicted octanol–water partition coefficient (Wildman–Crippen LogP) is 7.04. The second-order valence-corrected chi connectivity index (χ2v) is 10.2. The Morgan fingerprint density at radius 3 is 2.27 bits per heavy atom. The zero-order valence-electron chi connectivity index (χ0n) is 22.8. The van der Waals surface area contributed by atoms with Gasteiger partial charge in [0.25, 0.3) is 0 Å². The third kappa shape index (κ3) is 5.27. The molecule has 0 fully saturated rings. The molecule has 2 aliphatic heterocycles. The van der Waals surface area contributed by atoms with Crippen LogP contribution in [0.3, 0.4) is 0 Å². The number of hydrogen-bond donors (Lipinski definition) is 0. The van der Waals surface area contributed by atoms with Gasteiger partial charge in [-0.2, -0.15) is 0 Å². The highest BCUT2D eigenvalue weighted by Gasteiger charge is 2.38. The van der Waals surface area contributed by atoms with Gasteiger partial charge in [0.15, 0.2) is 17.6 Å². The fourth-order valence-electron chi connectivity index (χ4n) is 5.73. The van der Waals surface area contributed by atoms with E-state index in [-0.39, 0.29) is 24.2 Å². The number of esters is 1. The predicted molar refractivity (Wildman–Crippen MR) is 153 cm³/mol. The van der Waals surface area contributed by atoms with E-state index < -0.39 is 0 Å². The Morgan fingerprint density at radius 2 is 1.57 bits per heavy atom. The van der Waals surface area contributed by atoms with Gasteiger partial charge in [-0.25, -0.2) is 0 Å². The topological polar surface area (TPSA) is 57.2 Å². The molecule has 0 amide bonds. The van der Waals surface area contributed by atoms with Crippen LogP contribution in [0.1, 0.15) is 47.7 Å². The Labute approximate surface area is 235 Å². The van der Waals surface area contributed by atoms with Gasteiger partial charge in [0, 0.05) is 12.6 Å². The van der Waals surface area contributed by atoms with Crippen molar-refractivity contribution in [1.29, 1.82) is 0 Å². The van der Waals surface area contributed by atoms with E-state index in [4.69, 9.17) is 18.9 Å². The third-order valence-corrected chi connectivity index (χ3v) is 7.77. The second-order valence-electron chi connectivity index (χ2n) is 10.2. The van der Waals surface area contributed by atoms with Crippen molar-refractivity contribution in [1.82, 2.24) is 4.90 Å². The van der Waals surface area contributed by atoms with Crippen LogP contribution in [0.2, 0.25) is 0 Å². The highest BCUT2D eigenvalue weighted by Crippen LogP contribution is 2.42. The Balaban J connectivity index is 1.23. The molecule has 6 heteroatoms. The molecule has 4 aromatic carbocycles. The smallest absolute Gasteiger partial charge is 0.323 e. The number of carbonyl (C=O) groups excluding carboxylic acids is 1. The van der Waals surface area contributed by atoms with Crippen LogP contribution >= 0.6 is 0 Å². The summed E-state index contributed by atoms with van der Waals surface area (Å²) in [6.45, 7) is 3.19. The van der Waals surface area contributed by atoms with E-state index >= 15 is 0 Å². The molecule has 0 N–H and O–H groups in total. The maximum Gasteiger partial charge on any atom is 0.323 e. The molecule has 0 radical (unpaired) electrons. The minimum Gasteiger partial charge on any atom is -0.485 e. The highest BCUT2D eigenvalue weighted by atomic mass is 16.6. The first-order chi connectivity index (χ1) is 19.6. The summed E-state index contributed by atoms with van der Waals surface area (Å²) in [5, 5.41) is 0. The summed E-state index contributed by atoms with van der Waals surface area (Å²) in [6, 6.07) is 31.9. The number of hydrogen-bond acceptors (Lipinski definition) is 6. The number of fused-ring (bicyclic) bond motifs is 2. The first-order valence-corrected chi connectivity index (χ1v) is 13.8. The van der Waals surface area contributed by atoms with Crippen molar-refractivity contribution >= 4 is 5.97 Å². The summed E-state index contributed by atoms with van der Waals surface area (Å²) in [5.74, 6) is 2.79. The largest absolute Gasteiger partial charge is 0.485 e. The van der Waals surface area contributed by atoms with Gasteiger partial charge in [0.1, 0.15) is 24.1 Å². The maximum atomic E-state index is 12.9. The van der Waals surface area contributed by atoms with Gasteiger partial charge in [0.2, 0.25) is 0 Å². The lowest BCUT2D eigenvalue weighted by molar-refractivity contribution is -0.149. The van der Waals surface area contributed by atoms with Crippen molar-refractivity contribution in [3.8, 4) is 23.0 Å². The van der Waals surface area contributed by atoms with E-state index in [1.165, 1.54) is 12.7 Å². The second kappa shape index (κ2) is 11.4. The molecular formula is C34H33NO5. The number of rotatable bonds is 7. The molecule has 0 spiro atoms. The van der Waals surface area contributed by atoms with E-state index in [0.717, 1.165) is 40.4 Å². The van der Waals surface area contributed by atoms with Gasteiger partial charge >= 0.3 is 5.97 Å². The lowest BCUT2D eigenvalue weighted by atomic mass is 9.89. The molecule has 0 bridgehead atoms. The monoisotopic (exact) mass is 535 g/mol. The molecule has 0 saturated carbocycles. The standard InChI is InChI=1S/C34H33NO5/c1-3-29(23-10-6-4-7-11-23)35-21-26-20-32-31(19-25(26)18-30(35)34(36)37-2)38-22-33(40-32)24-14-16-28(17-15-24)39-27-12-8-5-9-13-27/h4-17,19-20,29-30,33H,3,18,21-22H2,1-2H3. The molecule has 2 heterocycles. The van der Waals surface area contributed by atoms with E-state index in [2.05, 4.69) is 30.0 Å². The fraction of sp³-hybridized carbons (Fsp3) is 0.265. The van der Waals surface area contributed by atoms with E-state index in [1.54, 1.807) is 0 Å². The Hall–Kier alpha value is -4.29. The van der Waals surface area contributed by atoms with Crippen LogP contribution in [0, 0.1) is 0 Å². The summed E-state index contributed by atoms with van der Waals surface area (Å²) in [4.78, 5) is 15.2. The SMILES string of the molecule is CCC(c1ccccc1)N1Cc2cc3c(cc2CC1C(=O)OC)OCC(c1ccc(Oc2ccccc2)cc1)O3. The molecule has 2 aliphatic rings. The van der Waals surface area contributed by atoms with Crippen molar-refractivity contribution in [3.05, 3.63) is 119 Å². The van der Waals surface area contributed by atoms with Gasteiger partial charge in [-0.1, -0.05) is 67.6 Å². The van der Waals surface area contributed by atoms with Gasteiger partial charge in [-0.15, -0.1) is 0 Å². The van der Waals surface area contributed by atoms with Crippen LogP contribution in [0.15, 0.2) is 97.1 Å². The Kier molecular flexibility index (Phi) is 7.43. The van der Waals surface area contributed by atoms with E-state index in [1.807, 2.05) is 78.9 Å². The Bertz CT molecular complexity index is 1460. The van der Waals surface area contributed by atoms with Crippen molar-refractivity contribution < 1.29 is 23.7 Å². The molecule has 6 rings (SSSR count). The number of nitrogens with zero attached hydrogens (tertiary/aromatic N) is 1. The lowest BCUT2D eigenvalue weighted by Gasteiger charge is -2.41. The number of ether oxygens (including phenoxy) is 4.